The fourth-order valence-corrected chi connectivity index (χ4v) is 2.03. The summed E-state index contributed by atoms with van der Waals surface area (Å²) >= 11 is 1.12. The lowest BCUT2D eigenvalue weighted by atomic mass is 9.97. The third kappa shape index (κ3) is 6.05. The Balaban J connectivity index is 2.58. The number of nitrogens with zero attached hydrogens (tertiary/aromatic N) is 2. The molecule has 8 heteroatoms. The molecule has 1 aromatic heterocycles. The zero-order chi connectivity index (χ0) is 17.1. The molecule has 1 rings (SSSR count). The van der Waals surface area contributed by atoms with Crippen LogP contribution in [0.4, 0.5) is 4.79 Å². The van der Waals surface area contributed by atoms with Crippen molar-refractivity contribution in [1.82, 2.24) is 20.8 Å². The quantitative estimate of drug-likeness (QED) is 0.827. The van der Waals surface area contributed by atoms with Gasteiger partial charge in [0.05, 0.1) is 5.25 Å². The zero-order valence-electron chi connectivity index (χ0n) is 14.1. The van der Waals surface area contributed by atoms with Gasteiger partial charge in [0.25, 0.3) is 5.22 Å². The van der Waals surface area contributed by atoms with Gasteiger partial charge in [-0.3, -0.25) is 10.1 Å². The van der Waals surface area contributed by atoms with Crippen LogP contribution in [0.5, 0.6) is 0 Å². The summed E-state index contributed by atoms with van der Waals surface area (Å²) in [6.07, 6.45) is 0. The maximum Gasteiger partial charge on any atom is 0.321 e. The minimum absolute atomic E-state index is 0.246. The average Bonchev–Trinajstić information content (AvgIpc) is 2.74. The molecule has 22 heavy (non-hydrogen) atoms. The Kier molecular flexibility index (Phi) is 5.61. The van der Waals surface area contributed by atoms with E-state index >= 15 is 0 Å². The number of imide groups is 1. The molecule has 1 atom stereocenters. The highest BCUT2D eigenvalue weighted by molar-refractivity contribution is 8.00. The van der Waals surface area contributed by atoms with Gasteiger partial charge < -0.3 is 9.73 Å². The van der Waals surface area contributed by atoms with Crippen molar-refractivity contribution in [2.75, 3.05) is 0 Å². The number of hydrogen-bond acceptors (Lipinski definition) is 6. The lowest BCUT2D eigenvalue weighted by molar-refractivity contribution is -0.119. The topological polar surface area (TPSA) is 97.1 Å². The summed E-state index contributed by atoms with van der Waals surface area (Å²) in [5.74, 6) is 0.0929. The van der Waals surface area contributed by atoms with Crippen molar-refractivity contribution in [1.29, 1.82) is 0 Å². The molecule has 2 N–H and O–H groups in total. The SMILES string of the molecule is C[C@H](Sc1nnc(C(C)(C)C)o1)C(=O)NC(=O)NC(C)(C)C. The van der Waals surface area contributed by atoms with Crippen LogP contribution in [-0.2, 0) is 10.2 Å². The summed E-state index contributed by atoms with van der Waals surface area (Å²) in [4.78, 5) is 23.6. The molecule has 0 fully saturated rings. The lowest BCUT2D eigenvalue weighted by Crippen LogP contribution is -2.49. The molecule has 1 heterocycles. The second-order valence-electron chi connectivity index (χ2n) is 7.08. The standard InChI is InChI=1S/C14H24N4O3S/c1-8(9(19)15-11(20)16-14(5,6)7)22-12-18-17-10(21-12)13(2,3)4/h8H,1-7H3,(H2,15,16,19,20)/t8-/m0/s1. The number of carbonyl (C=O) groups excluding carboxylic acids is 2. The van der Waals surface area contributed by atoms with Crippen LogP contribution in [0.3, 0.4) is 0 Å². The molecule has 0 aliphatic rings. The molecule has 3 amide bonds. The Morgan fingerprint density at radius 2 is 1.73 bits per heavy atom. The average molecular weight is 328 g/mol. The molecule has 0 aliphatic heterocycles. The minimum atomic E-state index is -0.529. The predicted molar refractivity (Wildman–Crippen MR) is 84.7 cm³/mol. The number of nitrogens with one attached hydrogen (secondary N) is 2. The van der Waals surface area contributed by atoms with Crippen molar-refractivity contribution in [2.24, 2.45) is 0 Å². The number of amides is 3. The van der Waals surface area contributed by atoms with E-state index in [0.717, 1.165) is 11.8 Å². The Hall–Kier alpha value is -1.57. The van der Waals surface area contributed by atoms with Crippen LogP contribution in [-0.4, -0.2) is 32.9 Å². The number of carbonyl (C=O) groups is 2. The van der Waals surface area contributed by atoms with E-state index in [0.29, 0.717) is 11.1 Å². The van der Waals surface area contributed by atoms with Crippen LogP contribution in [0.25, 0.3) is 0 Å². The van der Waals surface area contributed by atoms with Gasteiger partial charge >= 0.3 is 6.03 Å². The van der Waals surface area contributed by atoms with Gasteiger partial charge in [-0.25, -0.2) is 4.79 Å². The van der Waals surface area contributed by atoms with E-state index in [9.17, 15) is 9.59 Å². The van der Waals surface area contributed by atoms with Crippen molar-refractivity contribution in [2.45, 2.75) is 69.9 Å². The number of hydrogen-bond donors (Lipinski definition) is 2. The largest absolute Gasteiger partial charge is 0.415 e. The van der Waals surface area contributed by atoms with E-state index in [-0.39, 0.29) is 5.41 Å². The first-order valence-electron chi connectivity index (χ1n) is 7.02. The molecule has 0 aliphatic carbocycles. The molecule has 7 nitrogen and oxygen atoms in total. The molecule has 0 bridgehead atoms. The number of urea groups is 1. The van der Waals surface area contributed by atoms with E-state index in [1.807, 2.05) is 41.5 Å². The maximum absolute atomic E-state index is 12.0. The van der Waals surface area contributed by atoms with Gasteiger partial charge in [-0.15, -0.1) is 10.2 Å². The number of rotatable bonds is 3. The van der Waals surface area contributed by atoms with Gasteiger partial charge in [0.2, 0.25) is 11.8 Å². The Bertz CT molecular complexity index is 543. The molecule has 0 spiro atoms. The van der Waals surface area contributed by atoms with Gasteiger partial charge in [0, 0.05) is 11.0 Å². The molecule has 124 valence electrons. The second kappa shape index (κ2) is 6.68. The molecule has 0 aromatic carbocycles. The van der Waals surface area contributed by atoms with Crippen LogP contribution in [0.1, 0.15) is 54.4 Å². The number of thioether (sulfide) groups is 1. The van der Waals surface area contributed by atoms with Gasteiger partial charge in [-0.1, -0.05) is 32.5 Å². The summed E-state index contributed by atoms with van der Waals surface area (Å²) in [6, 6.07) is -0.522. The van der Waals surface area contributed by atoms with Gasteiger partial charge in [0.15, 0.2) is 0 Å². The van der Waals surface area contributed by atoms with Crippen LogP contribution in [0.15, 0.2) is 9.64 Å². The summed E-state index contributed by atoms with van der Waals surface area (Å²) in [5.41, 5.74) is -0.654. The minimum Gasteiger partial charge on any atom is -0.415 e. The first kappa shape index (κ1) is 18.5. The molecular formula is C14H24N4O3S. The van der Waals surface area contributed by atoms with Crippen LogP contribution >= 0.6 is 11.8 Å². The van der Waals surface area contributed by atoms with Crippen molar-refractivity contribution in [3.05, 3.63) is 5.89 Å². The fourth-order valence-electron chi connectivity index (χ4n) is 1.35. The molecule has 0 unspecified atom stereocenters. The maximum atomic E-state index is 12.0. The zero-order valence-corrected chi connectivity index (χ0v) is 14.9. The molecular weight excluding hydrogens is 304 g/mol. The van der Waals surface area contributed by atoms with Crippen molar-refractivity contribution >= 4 is 23.7 Å². The third-order valence-corrected chi connectivity index (χ3v) is 3.35. The Morgan fingerprint density at radius 3 is 2.18 bits per heavy atom. The van der Waals surface area contributed by atoms with Crippen LogP contribution < -0.4 is 10.6 Å². The lowest BCUT2D eigenvalue weighted by Gasteiger charge is -2.20. The first-order chi connectivity index (χ1) is 9.88. The van der Waals surface area contributed by atoms with Crippen molar-refractivity contribution < 1.29 is 14.0 Å². The highest BCUT2D eigenvalue weighted by atomic mass is 32.2. The van der Waals surface area contributed by atoms with Crippen molar-refractivity contribution in [3.63, 3.8) is 0 Å². The van der Waals surface area contributed by atoms with Gasteiger partial charge in [-0.05, 0) is 27.7 Å². The monoisotopic (exact) mass is 328 g/mol. The summed E-state index contributed by atoms with van der Waals surface area (Å²) in [7, 11) is 0. The van der Waals surface area contributed by atoms with E-state index in [1.54, 1.807) is 6.92 Å². The van der Waals surface area contributed by atoms with Crippen LogP contribution in [0.2, 0.25) is 0 Å². The number of aromatic nitrogens is 2. The van der Waals surface area contributed by atoms with Gasteiger partial charge in [-0.2, -0.15) is 0 Å². The summed E-state index contributed by atoms with van der Waals surface area (Å²) in [6.45, 7) is 13.1. The normalized spacial score (nSPS) is 13.6. The Labute approximate surface area is 135 Å². The highest BCUT2D eigenvalue weighted by Crippen LogP contribution is 2.27. The fraction of sp³-hybridized carbons (Fsp3) is 0.714. The summed E-state index contributed by atoms with van der Waals surface area (Å²) < 4.78 is 5.51. The van der Waals surface area contributed by atoms with Crippen LogP contribution in [0, 0.1) is 0 Å². The highest BCUT2D eigenvalue weighted by Gasteiger charge is 2.25. The smallest absolute Gasteiger partial charge is 0.321 e. The van der Waals surface area contributed by atoms with E-state index < -0.39 is 22.7 Å². The summed E-state index contributed by atoms with van der Waals surface area (Å²) in [5, 5.41) is 12.6. The Morgan fingerprint density at radius 1 is 1.14 bits per heavy atom. The molecule has 0 saturated heterocycles. The van der Waals surface area contributed by atoms with E-state index in [4.69, 9.17) is 4.42 Å². The first-order valence-corrected chi connectivity index (χ1v) is 7.90. The second-order valence-corrected chi connectivity index (χ2v) is 8.37. The third-order valence-electron chi connectivity index (χ3n) is 2.42. The molecule has 1 aromatic rings. The predicted octanol–water partition coefficient (Wildman–Crippen LogP) is 2.47. The van der Waals surface area contributed by atoms with E-state index in [1.165, 1.54) is 0 Å². The van der Waals surface area contributed by atoms with E-state index in [2.05, 4.69) is 20.8 Å². The molecule has 0 radical (unpaired) electrons. The van der Waals surface area contributed by atoms with Crippen molar-refractivity contribution in [3.8, 4) is 0 Å². The van der Waals surface area contributed by atoms with Gasteiger partial charge in [0.1, 0.15) is 0 Å². The molecule has 0 saturated carbocycles.